The predicted octanol–water partition coefficient (Wildman–Crippen LogP) is 3.64. The summed E-state index contributed by atoms with van der Waals surface area (Å²) in [5.41, 5.74) is 0. The lowest BCUT2D eigenvalue weighted by Gasteiger charge is -1.94. The molecular weight excluding hydrogens is 268 g/mol. The molecule has 0 N–H and O–H groups in total. The first-order valence-electron chi connectivity index (χ1n) is 2.40. The van der Waals surface area contributed by atoms with E-state index < -0.39 is 0 Å². The van der Waals surface area contributed by atoms with Gasteiger partial charge in [-0.3, -0.25) is 0 Å². The molecule has 12 heavy (non-hydrogen) atoms. The van der Waals surface area contributed by atoms with Gasteiger partial charge in [-0.25, -0.2) is 9.98 Å². The monoisotopic (exact) mass is 272 g/mol. The normalized spacial score (nSPS) is 9.00. The van der Waals surface area contributed by atoms with Crippen molar-refractivity contribution in [3.05, 3.63) is 0 Å². The quantitative estimate of drug-likeness (QED) is 0.337. The minimum absolute atomic E-state index is 0.519. The zero-order valence-corrected chi connectivity index (χ0v) is 10.7. The molecule has 0 rings (SSSR count). The maximum Gasteiger partial charge on any atom is 0.170 e. The third-order valence-electron chi connectivity index (χ3n) is 0.497. The molecule has 0 aliphatic heterocycles. The van der Waals surface area contributed by atoms with Gasteiger partial charge >= 0.3 is 0 Å². The Hall–Kier alpha value is 0.920. The van der Waals surface area contributed by atoms with Crippen LogP contribution in [0, 0.1) is 0 Å². The average Bonchev–Trinajstić information content (AvgIpc) is 2.11. The fourth-order valence-electron chi connectivity index (χ4n) is 0.139. The van der Waals surface area contributed by atoms with Crippen molar-refractivity contribution in [2.45, 2.75) is 0 Å². The SMILES string of the molecule is C=NC(=S)SSSSC(=S)N=C. The second-order valence-electron chi connectivity index (χ2n) is 1.15. The van der Waals surface area contributed by atoms with Crippen LogP contribution < -0.4 is 0 Å². The lowest BCUT2D eigenvalue weighted by molar-refractivity contribution is 1.91. The summed E-state index contributed by atoms with van der Waals surface area (Å²) < 4.78 is 1.04. The van der Waals surface area contributed by atoms with Gasteiger partial charge in [0.2, 0.25) is 0 Å². The molecule has 0 aromatic carbocycles. The Morgan fingerprint density at radius 3 is 1.50 bits per heavy atom. The van der Waals surface area contributed by atoms with Gasteiger partial charge in [-0.05, 0) is 79.1 Å². The summed E-state index contributed by atoms with van der Waals surface area (Å²) in [6, 6.07) is 0. The van der Waals surface area contributed by atoms with Gasteiger partial charge < -0.3 is 0 Å². The third kappa shape index (κ3) is 7.56. The highest BCUT2D eigenvalue weighted by molar-refractivity contribution is 9.29. The minimum Gasteiger partial charge on any atom is -0.245 e. The van der Waals surface area contributed by atoms with Crippen LogP contribution >= 0.6 is 65.7 Å². The van der Waals surface area contributed by atoms with Crippen LogP contribution in [0.1, 0.15) is 0 Å². The van der Waals surface area contributed by atoms with Crippen LogP contribution in [-0.2, 0) is 0 Å². The van der Waals surface area contributed by atoms with Gasteiger partial charge in [0.05, 0.1) is 0 Å². The topological polar surface area (TPSA) is 24.7 Å². The van der Waals surface area contributed by atoms with E-state index in [-0.39, 0.29) is 0 Å². The van der Waals surface area contributed by atoms with E-state index in [1.807, 2.05) is 0 Å². The van der Waals surface area contributed by atoms with Crippen molar-refractivity contribution in [3.63, 3.8) is 0 Å². The van der Waals surface area contributed by atoms with Gasteiger partial charge in [-0.1, -0.05) is 0 Å². The third-order valence-corrected chi connectivity index (χ3v) is 7.37. The number of hydrogen-bond acceptors (Lipinski definition) is 6. The highest BCUT2D eigenvalue weighted by atomic mass is 33.7. The maximum absolute atomic E-state index is 4.78. The summed E-state index contributed by atoms with van der Waals surface area (Å²) in [5, 5.41) is 0. The number of rotatable bonds is 3. The smallest absolute Gasteiger partial charge is 0.170 e. The van der Waals surface area contributed by atoms with Crippen molar-refractivity contribution in [2.24, 2.45) is 9.98 Å². The van der Waals surface area contributed by atoms with E-state index in [0.717, 1.165) is 0 Å². The molecule has 0 aromatic heterocycles. The first kappa shape index (κ1) is 12.9. The second kappa shape index (κ2) is 8.52. The maximum atomic E-state index is 4.78. The molecule has 0 fully saturated rings. The molecule has 0 aliphatic carbocycles. The van der Waals surface area contributed by atoms with Gasteiger partial charge in [0, 0.05) is 0 Å². The molecule has 0 heterocycles. The van der Waals surface area contributed by atoms with Crippen LogP contribution in [0.25, 0.3) is 0 Å². The highest BCUT2D eigenvalue weighted by Crippen LogP contribution is 2.44. The van der Waals surface area contributed by atoms with Crippen LogP contribution in [0.4, 0.5) is 0 Å². The molecule has 2 nitrogen and oxygen atoms in total. The zero-order valence-electron chi connectivity index (χ0n) is 5.76. The molecule has 0 radical (unpaired) electrons. The van der Waals surface area contributed by atoms with E-state index in [1.165, 1.54) is 41.2 Å². The summed E-state index contributed by atoms with van der Waals surface area (Å²) in [6.45, 7) is 6.59. The van der Waals surface area contributed by atoms with Crippen LogP contribution in [0.3, 0.4) is 0 Å². The molecule has 0 amide bonds. The van der Waals surface area contributed by atoms with Crippen molar-refractivity contribution < 1.29 is 0 Å². The Kier molecular flexibility index (Phi) is 9.17. The molecule has 0 saturated heterocycles. The van der Waals surface area contributed by atoms with Crippen LogP contribution in [0.5, 0.6) is 0 Å². The lowest BCUT2D eigenvalue weighted by Crippen LogP contribution is -1.73. The number of nitrogens with zero attached hydrogens (tertiary/aromatic N) is 2. The van der Waals surface area contributed by atoms with E-state index in [1.54, 1.807) is 0 Å². The molecule has 0 saturated carbocycles. The zero-order chi connectivity index (χ0) is 9.40. The minimum atomic E-state index is 0.519. The van der Waals surface area contributed by atoms with Crippen molar-refractivity contribution in [3.8, 4) is 0 Å². The van der Waals surface area contributed by atoms with E-state index in [2.05, 4.69) is 23.4 Å². The molecule has 0 atom stereocenters. The predicted molar refractivity (Wildman–Crippen MR) is 74.7 cm³/mol. The van der Waals surface area contributed by atoms with Gasteiger partial charge in [0.25, 0.3) is 0 Å². The van der Waals surface area contributed by atoms with Gasteiger partial charge in [-0.2, -0.15) is 0 Å². The molecule has 8 heteroatoms. The highest BCUT2D eigenvalue weighted by Gasteiger charge is 1.98. The van der Waals surface area contributed by atoms with Gasteiger partial charge in [-0.15, -0.1) is 0 Å². The largest absolute Gasteiger partial charge is 0.245 e. The van der Waals surface area contributed by atoms with Crippen LogP contribution in [-0.4, -0.2) is 22.1 Å². The number of thiocarbonyl (C=S) groups is 2. The Labute approximate surface area is 97.0 Å². The van der Waals surface area contributed by atoms with Crippen molar-refractivity contribution in [1.29, 1.82) is 0 Å². The van der Waals surface area contributed by atoms with E-state index >= 15 is 0 Å². The first-order valence-corrected chi connectivity index (χ1v) is 8.03. The Morgan fingerprint density at radius 1 is 0.917 bits per heavy atom. The standard InChI is InChI=1S/C4H4N2S6/c1-5-3(7)9-11-12-10-4(8)6-2/h1-2H2. The Bertz CT molecular complexity index is 180. The van der Waals surface area contributed by atoms with Crippen LogP contribution in [0.2, 0.25) is 0 Å². The first-order chi connectivity index (χ1) is 5.70. The molecule has 0 bridgehead atoms. The Morgan fingerprint density at radius 2 is 1.25 bits per heavy atom. The summed E-state index contributed by atoms with van der Waals surface area (Å²) in [5.74, 6) is 0. The summed E-state index contributed by atoms with van der Waals surface area (Å²) in [4.78, 5) is 7.12. The fourth-order valence-corrected chi connectivity index (χ4v) is 5.80. The van der Waals surface area contributed by atoms with E-state index in [4.69, 9.17) is 24.4 Å². The van der Waals surface area contributed by atoms with Crippen molar-refractivity contribution in [1.82, 2.24) is 0 Å². The fraction of sp³-hybridized carbons (Fsp3) is 0. The number of aliphatic imine (C=N–C) groups is 2. The molecule has 0 unspecified atom stereocenters. The Balaban J connectivity index is 3.32. The summed E-state index contributed by atoms with van der Waals surface area (Å²) >= 11 is 9.57. The second-order valence-corrected chi connectivity index (χ2v) is 8.09. The molecule has 0 spiro atoms. The summed E-state index contributed by atoms with van der Waals surface area (Å²) in [7, 11) is 5.69. The van der Waals surface area contributed by atoms with Crippen LogP contribution in [0.15, 0.2) is 9.98 Å². The molecule has 0 aromatic rings. The van der Waals surface area contributed by atoms with E-state index in [9.17, 15) is 0 Å². The van der Waals surface area contributed by atoms with Gasteiger partial charge in [0.1, 0.15) is 0 Å². The average molecular weight is 272 g/mol. The van der Waals surface area contributed by atoms with Crippen molar-refractivity contribution in [2.75, 3.05) is 0 Å². The van der Waals surface area contributed by atoms with Crippen molar-refractivity contribution >= 4 is 87.8 Å². The number of hydrogen-bond donors (Lipinski definition) is 0. The summed E-state index contributed by atoms with van der Waals surface area (Å²) in [6.07, 6.45) is 0. The van der Waals surface area contributed by atoms with Gasteiger partial charge in [0.15, 0.2) is 8.64 Å². The molecular formula is C4H4N2S6. The molecule has 66 valence electrons. The lowest BCUT2D eigenvalue weighted by atomic mass is 11.4. The molecule has 0 aliphatic rings. The van der Waals surface area contributed by atoms with E-state index in [0.29, 0.717) is 8.64 Å².